The van der Waals surface area contributed by atoms with Gasteiger partial charge in [-0.1, -0.05) is 39.8 Å². The minimum Gasteiger partial charge on any atom is -0.479 e. The molecule has 0 aromatic carbocycles. The summed E-state index contributed by atoms with van der Waals surface area (Å²) in [5.41, 5.74) is -0.495. The second-order valence-corrected chi connectivity index (χ2v) is 19.8. The number of aliphatic hydroxyl groups is 4. The number of aliphatic hydroxyl groups excluding tert-OH is 3. The molecule has 13 heteroatoms. The number of hydrogen-bond donors (Lipinski definition) is 5. The molecule has 0 bridgehead atoms. The molecule has 330 valence electrons. The van der Waals surface area contributed by atoms with Crippen LogP contribution in [0.3, 0.4) is 0 Å². The SMILES string of the molecule is C=C1[C@@H](O)[C@@H]2O[C@]3(CC[C@H](CCC(C)[C@@H]4CC(C)=C[C@@]5(O[C@H](C[C@@](C)(O)C(=O)O)CC[C@H]5O)O4)O3)CC[C@H]2O[C@@H]1[C@@H](O)C[C@H](C)[C@H]1O[C@@]2(CC[C@H]1C)OCCC[C@H]2C. The number of carbonyl (C=O) groups is 1. The van der Waals surface area contributed by atoms with Gasteiger partial charge in [-0.25, -0.2) is 4.79 Å². The molecule has 58 heavy (non-hydrogen) atoms. The Kier molecular flexibility index (Phi) is 13.3. The van der Waals surface area contributed by atoms with Gasteiger partial charge in [0.05, 0.1) is 43.2 Å². The molecule has 0 aromatic heterocycles. The van der Waals surface area contributed by atoms with Crippen molar-refractivity contribution in [3.05, 3.63) is 23.8 Å². The summed E-state index contributed by atoms with van der Waals surface area (Å²) < 4.78 is 45.7. The predicted molar refractivity (Wildman–Crippen MR) is 212 cm³/mol. The van der Waals surface area contributed by atoms with Gasteiger partial charge < -0.3 is 58.7 Å². The van der Waals surface area contributed by atoms with Gasteiger partial charge in [0.2, 0.25) is 5.79 Å². The maximum absolute atomic E-state index is 11.6. The molecule has 0 aromatic rings. The van der Waals surface area contributed by atoms with Gasteiger partial charge >= 0.3 is 5.97 Å². The van der Waals surface area contributed by atoms with Crippen LogP contribution < -0.4 is 0 Å². The Balaban J connectivity index is 0.900. The van der Waals surface area contributed by atoms with E-state index in [0.717, 1.165) is 57.1 Å². The number of carboxylic acid groups (broad SMARTS) is 1. The van der Waals surface area contributed by atoms with E-state index in [1.807, 2.05) is 13.0 Å². The molecule has 6 saturated heterocycles. The monoisotopic (exact) mass is 820 g/mol. The molecule has 0 saturated carbocycles. The van der Waals surface area contributed by atoms with Crippen molar-refractivity contribution in [2.75, 3.05) is 6.61 Å². The Morgan fingerprint density at radius 2 is 1.72 bits per heavy atom. The van der Waals surface area contributed by atoms with Gasteiger partial charge in [0, 0.05) is 31.6 Å². The molecule has 0 radical (unpaired) electrons. The van der Waals surface area contributed by atoms with E-state index in [4.69, 9.17) is 33.2 Å². The van der Waals surface area contributed by atoms with Crippen LogP contribution in [-0.2, 0) is 38.0 Å². The lowest BCUT2D eigenvalue weighted by Crippen LogP contribution is -2.60. The van der Waals surface area contributed by atoms with Gasteiger partial charge in [-0.05, 0) is 114 Å². The second-order valence-electron chi connectivity index (χ2n) is 19.8. The maximum Gasteiger partial charge on any atom is 0.335 e. The Labute approximate surface area is 344 Å². The lowest BCUT2D eigenvalue weighted by Gasteiger charge is -2.51. The zero-order valence-corrected chi connectivity index (χ0v) is 35.7. The summed E-state index contributed by atoms with van der Waals surface area (Å²) in [7, 11) is 0. The highest BCUT2D eigenvalue weighted by atomic mass is 16.7. The summed E-state index contributed by atoms with van der Waals surface area (Å²) >= 11 is 0. The van der Waals surface area contributed by atoms with Crippen LogP contribution >= 0.6 is 0 Å². The Hall–Kier alpha value is -1.49. The van der Waals surface area contributed by atoms with Crippen molar-refractivity contribution in [3.8, 4) is 0 Å². The molecule has 18 atom stereocenters. The van der Waals surface area contributed by atoms with Crippen molar-refractivity contribution in [3.63, 3.8) is 0 Å². The van der Waals surface area contributed by atoms with E-state index in [1.54, 1.807) is 0 Å². The number of rotatable bonds is 11. The number of ether oxygens (including phenoxy) is 7. The number of fused-ring (bicyclic) bond motifs is 1. The van der Waals surface area contributed by atoms with Crippen LogP contribution in [0.2, 0.25) is 0 Å². The Morgan fingerprint density at radius 3 is 2.47 bits per heavy atom. The minimum absolute atomic E-state index is 0.0428. The summed E-state index contributed by atoms with van der Waals surface area (Å²) in [6.45, 7) is 16.9. The molecule has 3 spiro atoms. The normalized spacial score (nSPS) is 46.0. The molecule has 7 aliphatic rings. The van der Waals surface area contributed by atoms with Crippen LogP contribution in [0, 0.1) is 23.7 Å². The van der Waals surface area contributed by atoms with Crippen LogP contribution in [0.4, 0.5) is 0 Å². The first-order valence-corrected chi connectivity index (χ1v) is 22.4. The first-order chi connectivity index (χ1) is 27.3. The summed E-state index contributed by atoms with van der Waals surface area (Å²) in [5.74, 6) is -3.27. The lowest BCUT2D eigenvalue weighted by atomic mass is 9.78. The van der Waals surface area contributed by atoms with E-state index in [1.165, 1.54) is 6.92 Å². The van der Waals surface area contributed by atoms with Crippen molar-refractivity contribution in [1.29, 1.82) is 0 Å². The summed E-state index contributed by atoms with van der Waals surface area (Å²) in [6, 6.07) is 0. The fourth-order valence-electron chi connectivity index (χ4n) is 11.2. The summed E-state index contributed by atoms with van der Waals surface area (Å²) in [4.78, 5) is 11.6. The minimum atomic E-state index is -1.95. The molecule has 0 amide bonds. The highest BCUT2D eigenvalue weighted by Gasteiger charge is 2.55. The van der Waals surface area contributed by atoms with Crippen LogP contribution in [0.15, 0.2) is 23.8 Å². The van der Waals surface area contributed by atoms with E-state index in [9.17, 15) is 30.3 Å². The molecule has 7 heterocycles. The Morgan fingerprint density at radius 1 is 0.966 bits per heavy atom. The molecular formula is C45H72O13. The van der Waals surface area contributed by atoms with Gasteiger partial charge in [0.1, 0.15) is 24.4 Å². The number of hydrogen-bond acceptors (Lipinski definition) is 12. The molecule has 0 aliphatic carbocycles. The molecule has 7 rings (SSSR count). The van der Waals surface area contributed by atoms with Crippen molar-refractivity contribution in [1.82, 2.24) is 0 Å². The third kappa shape index (κ3) is 9.02. The van der Waals surface area contributed by atoms with Crippen molar-refractivity contribution >= 4 is 5.97 Å². The second kappa shape index (κ2) is 17.3. The van der Waals surface area contributed by atoms with Gasteiger partial charge in [-0.2, -0.15) is 0 Å². The molecule has 6 fully saturated rings. The van der Waals surface area contributed by atoms with E-state index < -0.39 is 71.7 Å². The Bertz CT molecular complexity index is 1500. The molecule has 7 aliphatic heterocycles. The van der Waals surface area contributed by atoms with Crippen LogP contribution in [0.1, 0.15) is 138 Å². The van der Waals surface area contributed by atoms with E-state index in [-0.39, 0.29) is 36.6 Å². The van der Waals surface area contributed by atoms with Crippen LogP contribution in [0.25, 0.3) is 0 Å². The fourth-order valence-corrected chi connectivity index (χ4v) is 11.2. The van der Waals surface area contributed by atoms with E-state index in [2.05, 4.69) is 34.3 Å². The van der Waals surface area contributed by atoms with Crippen LogP contribution in [0.5, 0.6) is 0 Å². The smallest absolute Gasteiger partial charge is 0.335 e. The summed E-state index contributed by atoms with van der Waals surface area (Å²) in [6.07, 6.45) is 6.57. The third-order valence-corrected chi connectivity index (χ3v) is 14.9. The first kappa shape index (κ1) is 44.6. The predicted octanol–water partition coefficient (Wildman–Crippen LogP) is 5.68. The van der Waals surface area contributed by atoms with Gasteiger partial charge in [0.15, 0.2) is 17.2 Å². The third-order valence-electron chi connectivity index (χ3n) is 14.9. The highest BCUT2D eigenvalue weighted by Crippen LogP contribution is 2.49. The molecule has 13 nitrogen and oxygen atoms in total. The molecular weight excluding hydrogens is 748 g/mol. The zero-order valence-electron chi connectivity index (χ0n) is 35.7. The van der Waals surface area contributed by atoms with E-state index in [0.29, 0.717) is 62.4 Å². The highest BCUT2D eigenvalue weighted by molar-refractivity contribution is 5.76. The molecule has 5 N–H and O–H groups in total. The first-order valence-electron chi connectivity index (χ1n) is 22.4. The fraction of sp³-hybridized carbons (Fsp3) is 0.889. The van der Waals surface area contributed by atoms with Gasteiger partial charge in [0.25, 0.3) is 0 Å². The topological polar surface area (TPSA) is 183 Å². The van der Waals surface area contributed by atoms with Gasteiger partial charge in [-0.15, -0.1) is 0 Å². The van der Waals surface area contributed by atoms with E-state index >= 15 is 0 Å². The van der Waals surface area contributed by atoms with Crippen molar-refractivity contribution in [2.45, 2.75) is 222 Å². The quantitative estimate of drug-likeness (QED) is 0.161. The van der Waals surface area contributed by atoms with Crippen LogP contribution in [-0.4, -0.2) is 122 Å². The van der Waals surface area contributed by atoms with Crippen molar-refractivity contribution in [2.24, 2.45) is 23.7 Å². The van der Waals surface area contributed by atoms with Gasteiger partial charge in [-0.3, -0.25) is 0 Å². The summed E-state index contributed by atoms with van der Waals surface area (Å²) in [5, 5.41) is 54.2. The number of aliphatic carboxylic acids is 1. The molecule has 1 unspecified atom stereocenters. The number of carboxylic acids is 1. The maximum atomic E-state index is 11.6. The zero-order chi connectivity index (χ0) is 41.8. The largest absolute Gasteiger partial charge is 0.479 e. The lowest BCUT2D eigenvalue weighted by molar-refractivity contribution is -0.334. The standard InChI is InChI=1S/C45H72O13/c1-25-21-35(56-45(23-25)36(47)13-12-32(55-45)24-42(7,51)41(49)50)26(2)10-11-31-15-17-43(54-31)18-16-34-40(57-43)37(48)30(6)39(53-34)33(46)22-28(4)38-27(3)14-19-44(58-38)29(5)9-8-20-52-44/h23,26-29,31-40,46-48,51H,6,8-22,24H2,1-5,7H3,(H,49,50)/t26?,27-,28+,29-,31+,32+,33+,34-,35+,36-,37-,38+,39+,40-,42-,43-,44-,45-/m1/s1. The average molecular weight is 821 g/mol. The average Bonchev–Trinajstić information content (AvgIpc) is 3.57. The van der Waals surface area contributed by atoms with Crippen molar-refractivity contribution < 1.29 is 63.5 Å².